The molecule has 0 saturated carbocycles. The molecular formula is C13H22ClN3S. The molecule has 0 aromatic carbocycles. The molecule has 0 amide bonds. The molecule has 3 nitrogen and oxygen atoms in total. The van der Waals surface area contributed by atoms with E-state index in [4.69, 9.17) is 0 Å². The number of likely N-dealkylation sites (tertiary alicyclic amines) is 1. The topological polar surface area (TPSA) is 28.2 Å². The summed E-state index contributed by atoms with van der Waals surface area (Å²) >= 11 is 1.81. The maximum Gasteiger partial charge on any atom is 0.107 e. The van der Waals surface area contributed by atoms with Gasteiger partial charge in [-0.2, -0.15) is 0 Å². The van der Waals surface area contributed by atoms with Crippen molar-refractivity contribution in [3.63, 3.8) is 0 Å². The van der Waals surface area contributed by atoms with E-state index in [0.29, 0.717) is 5.41 Å². The zero-order valence-corrected chi connectivity index (χ0v) is 12.6. The van der Waals surface area contributed by atoms with Gasteiger partial charge in [-0.3, -0.25) is 4.90 Å². The standard InChI is InChI=1S/C13H21N3S.ClH/c1-11-9-17-12(15-11)8-16-7-4-13(10-16)2-5-14-6-3-13;/h9,14H,2-8,10H2,1H3;1H. The van der Waals surface area contributed by atoms with Crippen LogP contribution in [0, 0.1) is 12.3 Å². The number of aromatic nitrogens is 1. The summed E-state index contributed by atoms with van der Waals surface area (Å²) in [6, 6.07) is 0. The van der Waals surface area contributed by atoms with E-state index in [9.17, 15) is 0 Å². The quantitative estimate of drug-likeness (QED) is 0.906. The molecule has 3 heterocycles. The lowest BCUT2D eigenvalue weighted by Crippen LogP contribution is -2.38. The van der Waals surface area contributed by atoms with Gasteiger partial charge in [0, 0.05) is 17.6 Å². The number of thiazole rings is 1. The van der Waals surface area contributed by atoms with Gasteiger partial charge < -0.3 is 5.32 Å². The van der Waals surface area contributed by atoms with Gasteiger partial charge in [0.25, 0.3) is 0 Å². The van der Waals surface area contributed by atoms with E-state index in [1.165, 1.54) is 56.1 Å². The van der Waals surface area contributed by atoms with Crippen LogP contribution in [0.4, 0.5) is 0 Å². The monoisotopic (exact) mass is 287 g/mol. The highest BCUT2D eigenvalue weighted by Crippen LogP contribution is 2.39. The van der Waals surface area contributed by atoms with Gasteiger partial charge in [-0.1, -0.05) is 0 Å². The molecule has 0 bridgehead atoms. The summed E-state index contributed by atoms with van der Waals surface area (Å²) in [7, 11) is 0. The van der Waals surface area contributed by atoms with Crippen molar-refractivity contribution < 1.29 is 0 Å². The number of aryl methyl sites for hydroxylation is 1. The lowest BCUT2D eigenvalue weighted by Gasteiger charge is -2.33. The highest BCUT2D eigenvalue weighted by molar-refractivity contribution is 7.09. The minimum atomic E-state index is 0. The SMILES string of the molecule is Cc1csc(CN2CCC3(CCNCC3)C2)n1.Cl. The fourth-order valence-electron chi connectivity index (χ4n) is 3.19. The van der Waals surface area contributed by atoms with Crippen LogP contribution in [0.5, 0.6) is 0 Å². The van der Waals surface area contributed by atoms with Gasteiger partial charge in [0.05, 0.1) is 6.54 Å². The summed E-state index contributed by atoms with van der Waals surface area (Å²) < 4.78 is 0. The molecular weight excluding hydrogens is 266 g/mol. The van der Waals surface area contributed by atoms with Gasteiger partial charge in [-0.25, -0.2) is 4.98 Å². The summed E-state index contributed by atoms with van der Waals surface area (Å²) in [5.41, 5.74) is 1.79. The lowest BCUT2D eigenvalue weighted by atomic mass is 9.78. The van der Waals surface area contributed by atoms with E-state index in [2.05, 4.69) is 27.5 Å². The predicted molar refractivity (Wildman–Crippen MR) is 78.5 cm³/mol. The zero-order chi connectivity index (χ0) is 11.7. The van der Waals surface area contributed by atoms with Crippen LogP contribution in [0.1, 0.15) is 30.0 Å². The third-order valence-electron chi connectivity index (χ3n) is 4.21. The summed E-state index contributed by atoms with van der Waals surface area (Å²) in [6.45, 7) is 8.12. The number of rotatable bonds is 2. The molecule has 1 spiro atoms. The second-order valence-electron chi connectivity index (χ2n) is 5.59. The average Bonchev–Trinajstić information content (AvgIpc) is 2.89. The molecule has 1 aromatic heterocycles. The van der Waals surface area contributed by atoms with Crippen molar-refractivity contribution in [1.82, 2.24) is 15.2 Å². The summed E-state index contributed by atoms with van der Waals surface area (Å²) in [5.74, 6) is 0. The van der Waals surface area contributed by atoms with Crippen molar-refractivity contribution in [2.24, 2.45) is 5.41 Å². The van der Waals surface area contributed by atoms with E-state index >= 15 is 0 Å². The summed E-state index contributed by atoms with van der Waals surface area (Å²) in [4.78, 5) is 7.17. The number of nitrogens with one attached hydrogen (secondary N) is 1. The Morgan fingerprint density at radius 2 is 2.17 bits per heavy atom. The van der Waals surface area contributed by atoms with E-state index in [0.717, 1.165) is 6.54 Å². The molecule has 3 rings (SSSR count). The van der Waals surface area contributed by atoms with E-state index < -0.39 is 0 Å². The highest BCUT2D eigenvalue weighted by atomic mass is 35.5. The molecule has 0 atom stereocenters. The van der Waals surface area contributed by atoms with Crippen LogP contribution in [0.15, 0.2) is 5.38 Å². The smallest absolute Gasteiger partial charge is 0.107 e. The third kappa shape index (κ3) is 3.05. The number of nitrogens with zero attached hydrogens (tertiary/aromatic N) is 2. The Kier molecular flexibility index (Phi) is 4.64. The molecule has 0 aliphatic carbocycles. The number of piperidine rings is 1. The van der Waals surface area contributed by atoms with E-state index in [1.807, 2.05) is 0 Å². The first-order valence-electron chi connectivity index (χ1n) is 6.60. The Hall–Kier alpha value is -0.160. The molecule has 1 aromatic rings. The Bertz CT molecular complexity index is 387. The minimum absolute atomic E-state index is 0. The number of hydrogen-bond donors (Lipinski definition) is 1. The molecule has 0 radical (unpaired) electrons. The fraction of sp³-hybridized carbons (Fsp3) is 0.769. The van der Waals surface area contributed by atoms with Crippen molar-refractivity contribution >= 4 is 23.7 Å². The van der Waals surface area contributed by atoms with Gasteiger partial charge in [-0.05, 0) is 51.2 Å². The van der Waals surface area contributed by atoms with Gasteiger partial charge in [-0.15, -0.1) is 23.7 Å². The van der Waals surface area contributed by atoms with Gasteiger partial charge >= 0.3 is 0 Å². The Balaban J connectivity index is 0.00000120. The maximum absolute atomic E-state index is 4.57. The third-order valence-corrected chi connectivity index (χ3v) is 5.16. The summed E-state index contributed by atoms with van der Waals surface area (Å²) in [6.07, 6.45) is 4.11. The number of hydrogen-bond acceptors (Lipinski definition) is 4. The highest BCUT2D eigenvalue weighted by Gasteiger charge is 2.38. The predicted octanol–water partition coefficient (Wildman–Crippen LogP) is 2.45. The Labute approximate surface area is 119 Å². The van der Waals surface area contributed by atoms with Crippen LogP contribution in [0.3, 0.4) is 0 Å². The fourth-order valence-corrected chi connectivity index (χ4v) is 4.01. The molecule has 2 saturated heterocycles. The van der Waals surface area contributed by atoms with E-state index in [-0.39, 0.29) is 12.4 Å². The largest absolute Gasteiger partial charge is 0.317 e. The van der Waals surface area contributed by atoms with Gasteiger partial charge in [0.15, 0.2) is 0 Å². The van der Waals surface area contributed by atoms with Gasteiger partial charge in [0.1, 0.15) is 5.01 Å². The molecule has 102 valence electrons. The molecule has 1 N–H and O–H groups in total. The molecule has 18 heavy (non-hydrogen) atoms. The van der Waals surface area contributed by atoms with E-state index in [1.54, 1.807) is 11.3 Å². The first-order chi connectivity index (χ1) is 8.26. The van der Waals surface area contributed by atoms with Crippen molar-refractivity contribution in [3.05, 3.63) is 16.1 Å². The van der Waals surface area contributed by atoms with Gasteiger partial charge in [0.2, 0.25) is 0 Å². The second-order valence-corrected chi connectivity index (χ2v) is 6.54. The van der Waals surface area contributed by atoms with Crippen LogP contribution >= 0.6 is 23.7 Å². The number of halogens is 1. The van der Waals surface area contributed by atoms with Crippen molar-refractivity contribution in [2.45, 2.75) is 32.7 Å². The second kappa shape index (κ2) is 5.87. The molecule has 2 aliphatic heterocycles. The van der Waals surface area contributed by atoms with Crippen LogP contribution in [-0.4, -0.2) is 36.1 Å². The van der Waals surface area contributed by atoms with Crippen LogP contribution < -0.4 is 5.32 Å². The molecule has 0 unspecified atom stereocenters. The van der Waals surface area contributed by atoms with Crippen molar-refractivity contribution in [1.29, 1.82) is 0 Å². The molecule has 2 aliphatic rings. The Morgan fingerprint density at radius 1 is 1.39 bits per heavy atom. The average molecular weight is 288 g/mol. The first-order valence-corrected chi connectivity index (χ1v) is 7.48. The zero-order valence-electron chi connectivity index (χ0n) is 10.9. The van der Waals surface area contributed by atoms with Crippen molar-refractivity contribution in [3.8, 4) is 0 Å². The van der Waals surface area contributed by atoms with Crippen LogP contribution in [0.2, 0.25) is 0 Å². The first kappa shape index (κ1) is 14.3. The normalized spacial score (nSPS) is 23.2. The van der Waals surface area contributed by atoms with Crippen LogP contribution in [-0.2, 0) is 6.54 Å². The lowest BCUT2D eigenvalue weighted by molar-refractivity contribution is 0.194. The van der Waals surface area contributed by atoms with Crippen molar-refractivity contribution in [2.75, 3.05) is 26.2 Å². The summed E-state index contributed by atoms with van der Waals surface area (Å²) in [5, 5.41) is 6.92. The minimum Gasteiger partial charge on any atom is -0.317 e. The molecule has 5 heteroatoms. The maximum atomic E-state index is 4.57. The van der Waals surface area contributed by atoms with Crippen LogP contribution in [0.25, 0.3) is 0 Å². The molecule has 2 fully saturated rings. The Morgan fingerprint density at radius 3 is 2.83 bits per heavy atom.